The lowest BCUT2D eigenvalue weighted by Gasteiger charge is -2.21. The molecule has 3 aromatic rings. The average molecular weight is 457 g/mol. The van der Waals surface area contributed by atoms with Crippen LogP contribution in [0.15, 0.2) is 72.8 Å². The van der Waals surface area contributed by atoms with Crippen molar-refractivity contribution in [3.63, 3.8) is 0 Å². The molecule has 0 aliphatic heterocycles. The smallest absolute Gasteiger partial charge is 0.329 e. The summed E-state index contributed by atoms with van der Waals surface area (Å²) in [6.07, 6.45) is 2.22. The van der Waals surface area contributed by atoms with Crippen LogP contribution in [-0.4, -0.2) is 12.3 Å². The van der Waals surface area contributed by atoms with Crippen molar-refractivity contribution < 1.29 is 14.3 Å². The number of carbonyl (C=O) groups is 1. The maximum absolute atomic E-state index is 11.4. The zero-order chi connectivity index (χ0) is 22.2. The minimum Gasteiger partial charge on any atom is -0.455 e. The van der Waals surface area contributed by atoms with Gasteiger partial charge in [0.25, 0.3) is 0 Å². The van der Waals surface area contributed by atoms with Crippen molar-refractivity contribution in [1.29, 1.82) is 0 Å². The van der Waals surface area contributed by atoms with E-state index in [1.54, 1.807) is 24.3 Å². The third kappa shape index (κ3) is 6.57. The molecule has 3 aromatic carbocycles. The fourth-order valence-corrected chi connectivity index (χ4v) is 3.25. The van der Waals surface area contributed by atoms with Gasteiger partial charge in [0.1, 0.15) is 11.5 Å². The quantitative estimate of drug-likeness (QED) is 0.277. The lowest BCUT2D eigenvalue weighted by atomic mass is 10.1. The van der Waals surface area contributed by atoms with Crippen LogP contribution in [0.25, 0.3) is 11.1 Å². The minimum absolute atomic E-state index is 0.474. The fraction of sp³-hybridized carbons (Fsp3) is 0.208. The van der Waals surface area contributed by atoms with Gasteiger partial charge in [0.05, 0.1) is 5.69 Å². The van der Waals surface area contributed by atoms with Gasteiger partial charge in [0, 0.05) is 17.5 Å². The number of carbonyl (C=O) groups excluding carboxylic acids is 1. The zero-order valence-electron chi connectivity index (χ0n) is 17.2. The highest BCUT2D eigenvalue weighted by Gasteiger charge is 2.14. The van der Waals surface area contributed by atoms with Crippen molar-refractivity contribution in [2.45, 2.75) is 32.5 Å². The molecule has 0 saturated carbocycles. The predicted octanol–water partition coefficient (Wildman–Crippen LogP) is 6.71. The maximum Gasteiger partial charge on any atom is 0.329 e. The second kappa shape index (κ2) is 11.0. The van der Waals surface area contributed by atoms with E-state index in [1.807, 2.05) is 48.5 Å². The van der Waals surface area contributed by atoms with Gasteiger partial charge in [-0.15, -0.1) is 0 Å². The zero-order valence-corrected chi connectivity index (χ0v) is 18.9. The van der Waals surface area contributed by atoms with Crippen molar-refractivity contribution in [1.82, 2.24) is 0 Å². The van der Waals surface area contributed by atoms with Gasteiger partial charge in [-0.2, -0.15) is 0 Å². The molecule has 0 radical (unpaired) electrons. The van der Waals surface area contributed by atoms with E-state index in [4.69, 9.17) is 26.8 Å². The molecule has 1 atom stereocenters. The SMILES string of the molecule is CCCCC(Oc1ccc(-c2ccc(Cl)cc2)cc1)Oc1cccc(N(S)C(N)=O)c1. The fourth-order valence-electron chi connectivity index (χ4n) is 3.00. The molecule has 5 nitrogen and oxygen atoms in total. The molecule has 162 valence electrons. The van der Waals surface area contributed by atoms with E-state index < -0.39 is 12.3 Å². The number of nitrogens with two attached hydrogens (primary N) is 1. The molecule has 31 heavy (non-hydrogen) atoms. The molecule has 2 N–H and O–H groups in total. The molecule has 3 rings (SSSR count). The number of primary amides is 1. The highest BCUT2D eigenvalue weighted by Crippen LogP contribution is 2.27. The van der Waals surface area contributed by atoms with E-state index in [-0.39, 0.29) is 0 Å². The van der Waals surface area contributed by atoms with Gasteiger partial charge in [-0.25, -0.2) is 9.10 Å². The normalized spacial score (nSPS) is 11.6. The van der Waals surface area contributed by atoms with Crippen molar-refractivity contribution in [3.05, 3.63) is 77.8 Å². The number of thiol groups is 1. The van der Waals surface area contributed by atoms with E-state index in [2.05, 4.69) is 19.7 Å². The van der Waals surface area contributed by atoms with Crippen LogP contribution in [0.1, 0.15) is 26.2 Å². The van der Waals surface area contributed by atoms with Crippen LogP contribution >= 0.6 is 24.4 Å². The second-order valence-corrected chi connectivity index (χ2v) is 7.82. The van der Waals surface area contributed by atoms with Crippen molar-refractivity contribution in [2.75, 3.05) is 4.31 Å². The first-order valence-electron chi connectivity index (χ1n) is 10.0. The number of rotatable bonds is 9. The Morgan fingerprint density at radius 3 is 2.23 bits per heavy atom. The number of urea groups is 1. The first-order valence-corrected chi connectivity index (χ1v) is 10.8. The summed E-state index contributed by atoms with van der Waals surface area (Å²) < 4.78 is 13.2. The molecule has 0 spiro atoms. The standard InChI is InChI=1S/C24H25ClN2O3S/c1-2-3-7-23(30-22-6-4-5-20(16-22)27(31)24(26)28)29-21-14-10-18(11-15-21)17-8-12-19(25)13-9-17/h4-6,8-16,23,31H,2-3,7H2,1H3,(H2,26,28). The van der Waals surface area contributed by atoms with Crippen LogP contribution in [0.3, 0.4) is 0 Å². The summed E-state index contributed by atoms with van der Waals surface area (Å²) in [5, 5.41) is 0.709. The average Bonchev–Trinajstić information content (AvgIpc) is 2.78. The number of halogens is 1. The van der Waals surface area contributed by atoms with Gasteiger partial charge in [-0.3, -0.25) is 0 Å². The van der Waals surface area contributed by atoms with E-state index in [0.717, 1.165) is 34.7 Å². The van der Waals surface area contributed by atoms with E-state index >= 15 is 0 Å². The third-order valence-electron chi connectivity index (χ3n) is 4.63. The first-order chi connectivity index (χ1) is 15.0. The number of anilines is 1. The van der Waals surface area contributed by atoms with Crippen LogP contribution in [0.4, 0.5) is 10.5 Å². The van der Waals surface area contributed by atoms with Crippen LogP contribution in [0.5, 0.6) is 11.5 Å². The topological polar surface area (TPSA) is 64.8 Å². The third-order valence-corrected chi connectivity index (χ3v) is 5.31. The molecule has 0 aliphatic rings. The minimum atomic E-state index is -0.667. The molecule has 0 aliphatic carbocycles. The number of hydrogen-bond acceptors (Lipinski definition) is 4. The Morgan fingerprint density at radius 1 is 1.00 bits per heavy atom. The number of unbranched alkanes of at least 4 members (excludes halogenated alkanes) is 1. The highest BCUT2D eigenvalue weighted by atomic mass is 35.5. The Bertz CT molecular complexity index is 996. The maximum atomic E-state index is 11.4. The van der Waals surface area contributed by atoms with Crippen LogP contribution in [-0.2, 0) is 0 Å². The number of nitrogens with zero attached hydrogens (tertiary/aromatic N) is 1. The first kappa shape index (κ1) is 22.8. The summed E-state index contributed by atoms with van der Waals surface area (Å²) in [7, 11) is 0. The Morgan fingerprint density at radius 2 is 1.61 bits per heavy atom. The number of amides is 2. The molecule has 7 heteroatoms. The van der Waals surface area contributed by atoms with Gasteiger partial charge in [0.15, 0.2) is 0 Å². The Labute approximate surface area is 193 Å². The van der Waals surface area contributed by atoms with E-state index in [9.17, 15) is 4.79 Å². The largest absolute Gasteiger partial charge is 0.455 e. The summed E-state index contributed by atoms with van der Waals surface area (Å²) >= 11 is 10.1. The van der Waals surface area contributed by atoms with Gasteiger partial charge >= 0.3 is 6.03 Å². The Kier molecular flexibility index (Phi) is 8.09. The lowest BCUT2D eigenvalue weighted by molar-refractivity contribution is -0.00206. The molecule has 0 saturated heterocycles. The number of benzene rings is 3. The van der Waals surface area contributed by atoms with Gasteiger partial charge in [0.2, 0.25) is 6.29 Å². The van der Waals surface area contributed by atoms with Crippen LogP contribution in [0.2, 0.25) is 5.02 Å². The van der Waals surface area contributed by atoms with Gasteiger partial charge < -0.3 is 15.2 Å². The molecule has 0 bridgehead atoms. The van der Waals surface area contributed by atoms with Crippen molar-refractivity contribution in [2.24, 2.45) is 5.73 Å². The molecular weight excluding hydrogens is 432 g/mol. The molecule has 1 unspecified atom stereocenters. The summed E-state index contributed by atoms with van der Waals surface area (Å²) in [6, 6.07) is 21.9. The molecule has 2 amide bonds. The Hall–Kier alpha value is -2.83. The molecular formula is C24H25ClN2O3S. The Balaban J connectivity index is 1.72. The van der Waals surface area contributed by atoms with Crippen LogP contribution in [0, 0.1) is 0 Å². The summed E-state index contributed by atoms with van der Waals surface area (Å²) in [4.78, 5) is 11.4. The molecule has 0 aromatic heterocycles. The summed E-state index contributed by atoms with van der Waals surface area (Å²) in [5.74, 6) is 1.28. The van der Waals surface area contributed by atoms with Crippen molar-refractivity contribution >= 4 is 36.1 Å². The highest BCUT2D eigenvalue weighted by molar-refractivity contribution is 7.82. The van der Waals surface area contributed by atoms with E-state index in [1.165, 1.54) is 0 Å². The monoisotopic (exact) mass is 456 g/mol. The van der Waals surface area contributed by atoms with Gasteiger partial charge in [-0.05, 0) is 53.9 Å². The van der Waals surface area contributed by atoms with Gasteiger partial charge in [-0.1, -0.05) is 68.1 Å². The number of hydrogen-bond donors (Lipinski definition) is 2. The predicted molar refractivity (Wildman–Crippen MR) is 129 cm³/mol. The summed E-state index contributed by atoms with van der Waals surface area (Å²) in [6.45, 7) is 2.12. The number of ether oxygens (including phenoxy) is 2. The molecule has 0 fully saturated rings. The van der Waals surface area contributed by atoms with Crippen LogP contribution < -0.4 is 19.5 Å². The molecule has 0 heterocycles. The second-order valence-electron chi connectivity index (χ2n) is 6.99. The van der Waals surface area contributed by atoms with E-state index in [0.29, 0.717) is 22.2 Å². The summed E-state index contributed by atoms with van der Waals surface area (Å²) in [5.41, 5.74) is 7.96. The lowest BCUT2D eigenvalue weighted by Crippen LogP contribution is -2.27. The van der Waals surface area contributed by atoms with Crippen molar-refractivity contribution in [3.8, 4) is 22.6 Å².